The molecule has 10 nitrogen and oxygen atoms in total. The Kier molecular flexibility index (Phi) is 14.6. The second-order valence-corrected chi connectivity index (χ2v) is 18.3. The molecule has 3 N–H and O–H groups in total. The highest BCUT2D eigenvalue weighted by atomic mass is 32.2. The van der Waals surface area contributed by atoms with Crippen molar-refractivity contribution in [3.05, 3.63) is 197 Å². The summed E-state index contributed by atoms with van der Waals surface area (Å²) in [6.45, 7) is 7.79. The molecule has 326 valence electrons. The fourth-order valence-corrected chi connectivity index (χ4v) is 9.58. The van der Waals surface area contributed by atoms with Crippen molar-refractivity contribution in [2.24, 2.45) is 0 Å². The molecule has 2 aliphatic heterocycles. The number of aliphatic hydroxyl groups is 1. The molecule has 0 bridgehead atoms. The Balaban J connectivity index is 0.950. The Bertz CT molecular complexity index is 2500. The summed E-state index contributed by atoms with van der Waals surface area (Å²) in [4.78, 5) is 19.0. The van der Waals surface area contributed by atoms with Crippen LogP contribution in [-0.2, 0) is 50.4 Å². The molecule has 63 heavy (non-hydrogen) atoms. The van der Waals surface area contributed by atoms with Crippen LogP contribution in [0.4, 0.5) is 0 Å². The number of hydrogen-bond donors (Lipinski definition) is 3. The van der Waals surface area contributed by atoms with E-state index in [1.54, 1.807) is 24.3 Å². The molecular weight excluding hydrogens is 809 g/mol. The molecule has 0 spiro atoms. The third-order valence-corrected chi connectivity index (χ3v) is 13.5. The average molecular weight is 865 g/mol. The molecule has 11 heteroatoms. The number of rotatable bonds is 16. The SMILES string of the molecule is Cc1ccc(S(=O)(=O)NC(Cc2ccccc2)C(=O)NCc2ccccc2-c2ccc(C3OC(CN4CCN(Cc5ccccc5)CC4)CC(c4ccc(CO)cc4)O3)cc2)cc1. The van der Waals surface area contributed by atoms with Gasteiger partial charge in [0.1, 0.15) is 6.04 Å². The van der Waals surface area contributed by atoms with Crippen molar-refractivity contribution in [1.82, 2.24) is 19.8 Å². The summed E-state index contributed by atoms with van der Waals surface area (Å²) in [5.74, 6) is -0.421. The first kappa shape index (κ1) is 44.1. The van der Waals surface area contributed by atoms with E-state index in [4.69, 9.17) is 9.47 Å². The lowest BCUT2D eigenvalue weighted by atomic mass is 9.97. The highest BCUT2D eigenvalue weighted by molar-refractivity contribution is 7.89. The van der Waals surface area contributed by atoms with Gasteiger partial charge >= 0.3 is 0 Å². The summed E-state index contributed by atoms with van der Waals surface area (Å²) >= 11 is 0. The first-order valence-electron chi connectivity index (χ1n) is 21.8. The number of amides is 1. The Morgan fingerprint density at radius 1 is 0.698 bits per heavy atom. The summed E-state index contributed by atoms with van der Waals surface area (Å²) in [6, 6.07) is 49.6. The van der Waals surface area contributed by atoms with E-state index in [0.717, 1.165) is 90.2 Å². The van der Waals surface area contributed by atoms with Gasteiger partial charge in [0.2, 0.25) is 15.9 Å². The molecule has 0 radical (unpaired) electrons. The number of carbonyl (C=O) groups excluding carboxylic acids is 1. The highest BCUT2D eigenvalue weighted by Crippen LogP contribution is 2.39. The fourth-order valence-electron chi connectivity index (χ4n) is 8.38. The van der Waals surface area contributed by atoms with Crippen LogP contribution < -0.4 is 10.0 Å². The predicted molar refractivity (Wildman–Crippen MR) is 246 cm³/mol. The molecule has 6 aromatic rings. The molecule has 2 fully saturated rings. The van der Waals surface area contributed by atoms with E-state index < -0.39 is 28.3 Å². The Morgan fingerprint density at radius 2 is 1.32 bits per heavy atom. The van der Waals surface area contributed by atoms with E-state index in [0.29, 0.717) is 0 Å². The number of hydrogen-bond acceptors (Lipinski definition) is 8. The number of sulfonamides is 1. The van der Waals surface area contributed by atoms with Gasteiger partial charge in [-0.15, -0.1) is 0 Å². The molecule has 0 aliphatic carbocycles. The van der Waals surface area contributed by atoms with E-state index in [-0.39, 0.29) is 36.7 Å². The van der Waals surface area contributed by atoms with Gasteiger partial charge in [-0.2, -0.15) is 4.72 Å². The highest BCUT2D eigenvalue weighted by Gasteiger charge is 2.34. The van der Waals surface area contributed by atoms with Crippen molar-refractivity contribution in [2.45, 2.75) is 68.9 Å². The molecule has 2 heterocycles. The van der Waals surface area contributed by atoms with Crippen molar-refractivity contribution in [3.8, 4) is 11.1 Å². The molecule has 6 aromatic carbocycles. The lowest BCUT2D eigenvalue weighted by Gasteiger charge is -2.40. The molecule has 2 saturated heterocycles. The number of benzene rings is 6. The van der Waals surface area contributed by atoms with Crippen LogP contribution in [0.25, 0.3) is 11.1 Å². The fraction of sp³-hybridized carbons (Fsp3) is 0.288. The van der Waals surface area contributed by atoms with Crippen LogP contribution in [0.2, 0.25) is 0 Å². The maximum absolute atomic E-state index is 13.9. The van der Waals surface area contributed by atoms with Crippen molar-refractivity contribution in [1.29, 1.82) is 0 Å². The van der Waals surface area contributed by atoms with E-state index >= 15 is 0 Å². The van der Waals surface area contributed by atoms with Crippen LogP contribution in [0.15, 0.2) is 163 Å². The van der Waals surface area contributed by atoms with Gasteiger partial charge in [-0.1, -0.05) is 151 Å². The lowest BCUT2D eigenvalue weighted by molar-refractivity contribution is -0.253. The molecule has 0 aromatic heterocycles. The summed E-state index contributed by atoms with van der Waals surface area (Å²) in [5.41, 5.74) is 8.73. The zero-order valence-electron chi connectivity index (χ0n) is 35.7. The summed E-state index contributed by atoms with van der Waals surface area (Å²) in [5, 5.41) is 12.7. The van der Waals surface area contributed by atoms with E-state index in [9.17, 15) is 18.3 Å². The summed E-state index contributed by atoms with van der Waals surface area (Å²) in [7, 11) is -3.98. The minimum atomic E-state index is -3.98. The topological polar surface area (TPSA) is 120 Å². The lowest BCUT2D eigenvalue weighted by Crippen LogP contribution is -2.49. The number of ether oxygens (including phenoxy) is 2. The van der Waals surface area contributed by atoms with Crippen molar-refractivity contribution >= 4 is 15.9 Å². The normalized spacial score (nSPS) is 19.0. The van der Waals surface area contributed by atoms with Crippen LogP contribution in [0, 0.1) is 6.92 Å². The monoisotopic (exact) mass is 864 g/mol. The zero-order valence-corrected chi connectivity index (χ0v) is 36.5. The third-order valence-electron chi connectivity index (χ3n) is 12.0. The standard InChI is InChI=1S/C52H56N4O6S/c1-38-16-26-47(27-17-38)63(59,60)54-49(32-39-10-4-2-5-11-39)51(58)53-34-45-14-8-9-15-48(45)42-22-24-44(25-23-42)52-61-46(33-50(62-52)43-20-18-41(37-57)19-21-43)36-56-30-28-55(29-31-56)35-40-12-6-3-7-13-40/h2-27,46,49-50,52,54,57H,28-37H2,1H3,(H,53,58). The number of aliphatic hydroxyl groups excluding tert-OH is 1. The first-order chi connectivity index (χ1) is 30.7. The van der Waals surface area contributed by atoms with Crippen LogP contribution in [0.3, 0.4) is 0 Å². The van der Waals surface area contributed by atoms with Crippen LogP contribution in [0.1, 0.15) is 57.8 Å². The minimum Gasteiger partial charge on any atom is -0.392 e. The van der Waals surface area contributed by atoms with Crippen LogP contribution in [-0.4, -0.2) is 74.1 Å². The van der Waals surface area contributed by atoms with Gasteiger partial charge in [-0.25, -0.2) is 8.42 Å². The number of nitrogens with one attached hydrogen (secondary N) is 2. The second-order valence-electron chi connectivity index (χ2n) is 16.6. The van der Waals surface area contributed by atoms with E-state index in [1.807, 2.05) is 97.9 Å². The van der Waals surface area contributed by atoms with Gasteiger partial charge in [0.05, 0.1) is 23.7 Å². The Hall–Kier alpha value is -5.50. The Morgan fingerprint density at radius 3 is 2.00 bits per heavy atom. The van der Waals surface area contributed by atoms with Gasteiger partial charge < -0.3 is 19.9 Å². The molecule has 0 saturated carbocycles. The first-order valence-corrected chi connectivity index (χ1v) is 23.3. The number of aryl methyl sites for hydroxylation is 1. The quantitative estimate of drug-likeness (QED) is 0.0906. The number of piperazine rings is 1. The van der Waals surface area contributed by atoms with Crippen LogP contribution >= 0.6 is 0 Å². The summed E-state index contributed by atoms with van der Waals surface area (Å²) in [6.07, 6.45) is 0.0861. The molecule has 8 rings (SSSR count). The molecule has 2 aliphatic rings. The van der Waals surface area contributed by atoms with Gasteiger partial charge in [-0.3, -0.25) is 14.6 Å². The average Bonchev–Trinajstić information content (AvgIpc) is 3.32. The van der Waals surface area contributed by atoms with E-state index in [1.165, 1.54) is 5.56 Å². The maximum atomic E-state index is 13.9. The number of carbonyl (C=O) groups is 1. The van der Waals surface area contributed by atoms with Crippen LogP contribution in [0.5, 0.6) is 0 Å². The molecule has 1 amide bonds. The second kappa shape index (κ2) is 20.8. The smallest absolute Gasteiger partial charge is 0.241 e. The number of nitrogens with zero attached hydrogens (tertiary/aromatic N) is 2. The molecule has 4 atom stereocenters. The minimum absolute atomic E-state index is 0.0108. The van der Waals surface area contributed by atoms with Gasteiger partial charge in [0, 0.05) is 57.8 Å². The van der Waals surface area contributed by atoms with Gasteiger partial charge in [0.25, 0.3) is 0 Å². The predicted octanol–water partition coefficient (Wildman–Crippen LogP) is 7.72. The molecule has 4 unspecified atom stereocenters. The maximum Gasteiger partial charge on any atom is 0.241 e. The third kappa shape index (κ3) is 11.8. The zero-order chi connectivity index (χ0) is 43.6. The van der Waals surface area contributed by atoms with Crippen molar-refractivity contribution in [3.63, 3.8) is 0 Å². The Labute approximate surface area is 371 Å². The van der Waals surface area contributed by atoms with Crippen molar-refractivity contribution < 1.29 is 27.8 Å². The molecular formula is C52H56N4O6S. The van der Waals surface area contributed by atoms with Gasteiger partial charge in [-0.05, 0) is 64.4 Å². The van der Waals surface area contributed by atoms with E-state index in [2.05, 4.69) is 62.3 Å². The summed E-state index contributed by atoms with van der Waals surface area (Å²) < 4.78 is 43.0. The van der Waals surface area contributed by atoms with Gasteiger partial charge in [0.15, 0.2) is 6.29 Å². The largest absolute Gasteiger partial charge is 0.392 e. The van der Waals surface area contributed by atoms with Crippen molar-refractivity contribution in [2.75, 3.05) is 32.7 Å².